The molecule has 0 radical (unpaired) electrons. The van der Waals surface area contributed by atoms with E-state index < -0.39 is 0 Å². The zero-order valence-electron chi connectivity index (χ0n) is 10.2. The molecule has 1 heterocycles. The van der Waals surface area contributed by atoms with Crippen LogP contribution in [0.2, 0.25) is 0 Å². The van der Waals surface area contributed by atoms with Gasteiger partial charge in [-0.1, -0.05) is 6.07 Å². The minimum absolute atomic E-state index is 0.143. The van der Waals surface area contributed by atoms with Gasteiger partial charge in [0.1, 0.15) is 11.6 Å². The summed E-state index contributed by atoms with van der Waals surface area (Å²) in [7, 11) is 0. The van der Waals surface area contributed by atoms with Crippen molar-refractivity contribution in [3.63, 3.8) is 0 Å². The van der Waals surface area contributed by atoms with E-state index in [-0.39, 0.29) is 17.7 Å². The average molecular weight is 248 g/mol. The van der Waals surface area contributed by atoms with Crippen molar-refractivity contribution in [1.82, 2.24) is 4.98 Å². The Morgan fingerprint density at radius 2 is 1.94 bits per heavy atom. The zero-order chi connectivity index (χ0) is 13.1. The lowest BCUT2D eigenvalue weighted by molar-refractivity contribution is 0.615. The number of nitrogens with one attached hydrogen (secondary N) is 1. The highest BCUT2D eigenvalue weighted by atomic mass is 19.1. The first-order valence-corrected chi connectivity index (χ1v) is 5.69. The summed E-state index contributed by atoms with van der Waals surface area (Å²) in [6, 6.07) is 6.19. The van der Waals surface area contributed by atoms with E-state index in [9.17, 15) is 8.78 Å². The smallest absolute Gasteiger partial charge is 0.141 e. The number of hydrogen-bond acceptors (Lipinski definition) is 2. The third-order valence-electron chi connectivity index (χ3n) is 2.78. The molecule has 0 saturated carbocycles. The highest BCUT2D eigenvalue weighted by molar-refractivity contribution is 5.47. The Balaban J connectivity index is 2.16. The fraction of sp³-hybridized carbons (Fsp3) is 0.214. The van der Waals surface area contributed by atoms with Crippen LogP contribution in [0.15, 0.2) is 36.7 Å². The molecule has 2 nitrogen and oxygen atoms in total. The van der Waals surface area contributed by atoms with Gasteiger partial charge in [0, 0.05) is 11.9 Å². The van der Waals surface area contributed by atoms with Crippen LogP contribution in [0.25, 0.3) is 0 Å². The van der Waals surface area contributed by atoms with Crippen molar-refractivity contribution in [2.45, 2.75) is 19.9 Å². The Kier molecular flexibility index (Phi) is 3.55. The Bertz CT molecular complexity index is 555. The molecule has 94 valence electrons. The molecule has 4 heteroatoms. The molecule has 1 atom stereocenters. The summed E-state index contributed by atoms with van der Waals surface area (Å²) in [5.41, 5.74) is 1.98. The molecule has 0 fully saturated rings. The van der Waals surface area contributed by atoms with Gasteiger partial charge in [-0.15, -0.1) is 0 Å². The normalized spacial score (nSPS) is 12.2. The summed E-state index contributed by atoms with van der Waals surface area (Å²) in [5, 5.41) is 3.11. The maximum Gasteiger partial charge on any atom is 0.141 e. The number of rotatable bonds is 3. The van der Waals surface area contributed by atoms with Crippen LogP contribution in [-0.2, 0) is 0 Å². The van der Waals surface area contributed by atoms with Gasteiger partial charge >= 0.3 is 0 Å². The molecule has 0 bridgehead atoms. The highest BCUT2D eigenvalue weighted by Gasteiger charge is 2.08. The summed E-state index contributed by atoms with van der Waals surface area (Å²) >= 11 is 0. The minimum Gasteiger partial charge on any atom is -0.378 e. The van der Waals surface area contributed by atoms with E-state index in [1.165, 1.54) is 12.1 Å². The van der Waals surface area contributed by atoms with Gasteiger partial charge < -0.3 is 5.32 Å². The van der Waals surface area contributed by atoms with E-state index in [1.54, 1.807) is 25.3 Å². The molecule has 0 saturated heterocycles. The third kappa shape index (κ3) is 2.83. The van der Waals surface area contributed by atoms with E-state index in [0.29, 0.717) is 11.3 Å². The second-order valence-electron chi connectivity index (χ2n) is 4.27. The molecule has 1 N–H and O–H groups in total. The Hall–Kier alpha value is -1.97. The van der Waals surface area contributed by atoms with Crippen LogP contribution >= 0.6 is 0 Å². The maximum atomic E-state index is 13.4. The summed E-state index contributed by atoms with van der Waals surface area (Å²) in [6.45, 7) is 3.58. The molecule has 0 aliphatic carbocycles. The van der Waals surface area contributed by atoms with Crippen molar-refractivity contribution in [1.29, 1.82) is 0 Å². The van der Waals surface area contributed by atoms with E-state index >= 15 is 0 Å². The average Bonchev–Trinajstić information content (AvgIpc) is 2.34. The molecule has 0 spiro atoms. The summed E-state index contributed by atoms with van der Waals surface area (Å²) in [6.07, 6.45) is 2.74. The molecule has 0 aliphatic rings. The summed E-state index contributed by atoms with van der Waals surface area (Å²) in [4.78, 5) is 3.79. The number of pyridine rings is 1. The second-order valence-corrected chi connectivity index (χ2v) is 4.27. The van der Waals surface area contributed by atoms with Crippen LogP contribution in [-0.4, -0.2) is 4.98 Å². The van der Waals surface area contributed by atoms with E-state index in [2.05, 4.69) is 10.3 Å². The van der Waals surface area contributed by atoms with Gasteiger partial charge in [0.2, 0.25) is 0 Å². The van der Waals surface area contributed by atoms with Crippen molar-refractivity contribution < 1.29 is 8.78 Å². The first-order chi connectivity index (χ1) is 8.56. The molecule has 1 aromatic heterocycles. The number of benzene rings is 1. The number of anilines is 1. The van der Waals surface area contributed by atoms with Crippen molar-refractivity contribution in [3.8, 4) is 0 Å². The molecule has 1 unspecified atom stereocenters. The lowest BCUT2D eigenvalue weighted by Gasteiger charge is -2.15. The third-order valence-corrected chi connectivity index (χ3v) is 2.78. The number of halogens is 2. The van der Waals surface area contributed by atoms with Crippen LogP contribution in [0.4, 0.5) is 14.5 Å². The van der Waals surface area contributed by atoms with Crippen LogP contribution in [0.1, 0.15) is 24.1 Å². The molecule has 18 heavy (non-hydrogen) atoms. The predicted octanol–water partition coefficient (Wildman–Crippen LogP) is 3.84. The zero-order valence-corrected chi connectivity index (χ0v) is 10.2. The SMILES string of the molecule is Cc1ccc(NC(C)c2cncc(F)c2)cc1F. The van der Waals surface area contributed by atoms with Gasteiger partial charge in [0.25, 0.3) is 0 Å². The summed E-state index contributed by atoms with van der Waals surface area (Å²) < 4.78 is 26.4. The van der Waals surface area contributed by atoms with Crippen molar-refractivity contribution >= 4 is 5.69 Å². The monoisotopic (exact) mass is 248 g/mol. The molecule has 0 aliphatic heterocycles. The van der Waals surface area contributed by atoms with E-state index in [0.717, 1.165) is 11.8 Å². The van der Waals surface area contributed by atoms with E-state index in [4.69, 9.17) is 0 Å². The first kappa shape index (κ1) is 12.5. The van der Waals surface area contributed by atoms with Crippen molar-refractivity contribution in [2.24, 2.45) is 0 Å². The molecule has 0 amide bonds. The van der Waals surface area contributed by atoms with Gasteiger partial charge in [-0.05, 0) is 43.2 Å². The van der Waals surface area contributed by atoms with Gasteiger partial charge in [0.05, 0.1) is 12.2 Å². The lowest BCUT2D eigenvalue weighted by Crippen LogP contribution is -2.07. The molecule has 2 aromatic rings. The van der Waals surface area contributed by atoms with Gasteiger partial charge in [-0.2, -0.15) is 0 Å². The second kappa shape index (κ2) is 5.12. The fourth-order valence-corrected chi connectivity index (χ4v) is 1.68. The highest BCUT2D eigenvalue weighted by Crippen LogP contribution is 2.20. The Morgan fingerprint density at radius 3 is 2.61 bits per heavy atom. The van der Waals surface area contributed by atoms with Crippen molar-refractivity contribution in [3.05, 3.63) is 59.4 Å². The summed E-state index contributed by atoms with van der Waals surface area (Å²) in [5.74, 6) is -0.638. The van der Waals surface area contributed by atoms with Gasteiger partial charge in [-0.25, -0.2) is 8.78 Å². The van der Waals surface area contributed by atoms with Gasteiger partial charge in [0.15, 0.2) is 0 Å². The molecule has 1 aromatic carbocycles. The number of hydrogen-bond donors (Lipinski definition) is 1. The van der Waals surface area contributed by atoms with Crippen LogP contribution in [0.5, 0.6) is 0 Å². The topological polar surface area (TPSA) is 24.9 Å². The molecular weight excluding hydrogens is 234 g/mol. The standard InChI is InChI=1S/C14H14F2N2/c1-9-3-4-13(6-14(9)16)18-10(2)11-5-12(15)8-17-7-11/h3-8,10,18H,1-2H3. The lowest BCUT2D eigenvalue weighted by atomic mass is 10.1. The van der Waals surface area contributed by atoms with E-state index in [1.807, 2.05) is 6.92 Å². The van der Waals surface area contributed by atoms with Crippen LogP contribution in [0, 0.1) is 18.6 Å². The van der Waals surface area contributed by atoms with Crippen LogP contribution < -0.4 is 5.32 Å². The number of nitrogens with zero attached hydrogens (tertiary/aromatic N) is 1. The Morgan fingerprint density at radius 1 is 1.17 bits per heavy atom. The van der Waals surface area contributed by atoms with Gasteiger partial charge in [-0.3, -0.25) is 4.98 Å². The molecule has 2 rings (SSSR count). The Labute approximate surface area is 105 Å². The number of aryl methyl sites for hydroxylation is 1. The van der Waals surface area contributed by atoms with Crippen molar-refractivity contribution in [2.75, 3.05) is 5.32 Å². The predicted molar refractivity (Wildman–Crippen MR) is 67.4 cm³/mol. The largest absolute Gasteiger partial charge is 0.378 e. The molecular formula is C14H14F2N2. The fourth-order valence-electron chi connectivity index (χ4n) is 1.68. The van der Waals surface area contributed by atoms with Crippen LogP contribution in [0.3, 0.4) is 0 Å². The minimum atomic E-state index is -0.378. The maximum absolute atomic E-state index is 13.4. The quantitative estimate of drug-likeness (QED) is 0.892. The number of aromatic nitrogens is 1. The first-order valence-electron chi connectivity index (χ1n) is 5.69.